The van der Waals surface area contributed by atoms with E-state index in [9.17, 15) is 9.59 Å². The SMILES string of the molecule is CCCOC(=O)c1c(NC(=O)COc2cc(C)cc(C)c2)sc2c1CCC(C)C2. The highest BCUT2D eigenvalue weighted by molar-refractivity contribution is 7.17. The molecule has 2 aromatic rings. The number of hydrogen-bond donors (Lipinski definition) is 1. The molecular formula is C23H29NO4S. The average molecular weight is 416 g/mol. The van der Waals surface area contributed by atoms with Gasteiger partial charge in [0, 0.05) is 4.88 Å². The van der Waals surface area contributed by atoms with E-state index in [1.54, 1.807) is 0 Å². The molecule has 0 radical (unpaired) electrons. The summed E-state index contributed by atoms with van der Waals surface area (Å²) in [5, 5.41) is 3.48. The molecule has 1 aromatic heterocycles. The minimum Gasteiger partial charge on any atom is -0.484 e. The van der Waals surface area contributed by atoms with Gasteiger partial charge < -0.3 is 14.8 Å². The number of amides is 1. The summed E-state index contributed by atoms with van der Waals surface area (Å²) in [6.07, 6.45) is 3.59. The Morgan fingerprint density at radius 1 is 1.21 bits per heavy atom. The Kier molecular flexibility index (Phi) is 6.96. The zero-order chi connectivity index (χ0) is 21.0. The van der Waals surface area contributed by atoms with Gasteiger partial charge in [-0.15, -0.1) is 11.3 Å². The van der Waals surface area contributed by atoms with Crippen LogP contribution in [-0.4, -0.2) is 25.1 Å². The van der Waals surface area contributed by atoms with E-state index in [1.165, 1.54) is 16.2 Å². The topological polar surface area (TPSA) is 64.6 Å². The highest BCUT2D eigenvalue weighted by Crippen LogP contribution is 2.40. The molecule has 1 heterocycles. The van der Waals surface area contributed by atoms with E-state index < -0.39 is 0 Å². The highest BCUT2D eigenvalue weighted by Gasteiger charge is 2.29. The van der Waals surface area contributed by atoms with Crippen molar-refractivity contribution in [1.29, 1.82) is 0 Å². The second-order valence-electron chi connectivity index (χ2n) is 7.85. The van der Waals surface area contributed by atoms with Crippen LogP contribution in [0, 0.1) is 19.8 Å². The molecule has 1 aromatic carbocycles. The van der Waals surface area contributed by atoms with Crippen molar-refractivity contribution < 1.29 is 19.1 Å². The van der Waals surface area contributed by atoms with E-state index in [-0.39, 0.29) is 18.5 Å². The van der Waals surface area contributed by atoms with E-state index in [0.717, 1.165) is 42.4 Å². The summed E-state index contributed by atoms with van der Waals surface area (Å²) in [5.41, 5.74) is 3.74. The second kappa shape index (κ2) is 9.44. The molecule has 6 heteroatoms. The van der Waals surface area contributed by atoms with E-state index in [4.69, 9.17) is 9.47 Å². The fourth-order valence-electron chi connectivity index (χ4n) is 3.65. The Hall–Kier alpha value is -2.34. The largest absolute Gasteiger partial charge is 0.484 e. The van der Waals surface area contributed by atoms with Gasteiger partial charge in [-0.1, -0.05) is 19.9 Å². The molecule has 1 N–H and O–H groups in total. The Morgan fingerprint density at radius 2 is 1.93 bits per heavy atom. The van der Waals surface area contributed by atoms with Gasteiger partial charge in [0.05, 0.1) is 12.2 Å². The van der Waals surface area contributed by atoms with Gasteiger partial charge >= 0.3 is 5.97 Å². The number of carbonyl (C=O) groups excluding carboxylic acids is 2. The van der Waals surface area contributed by atoms with Gasteiger partial charge in [0.1, 0.15) is 10.8 Å². The smallest absolute Gasteiger partial charge is 0.341 e. The standard InChI is InChI=1S/C23H29NO4S/c1-5-8-27-23(26)21-18-7-6-14(2)12-19(18)29-22(21)24-20(25)13-28-17-10-15(3)9-16(4)11-17/h9-11,14H,5-8,12-13H2,1-4H3,(H,24,25). The van der Waals surface area contributed by atoms with Crippen molar-refractivity contribution in [3.05, 3.63) is 45.3 Å². The lowest BCUT2D eigenvalue weighted by molar-refractivity contribution is -0.118. The summed E-state index contributed by atoms with van der Waals surface area (Å²) in [7, 11) is 0. The molecule has 156 valence electrons. The summed E-state index contributed by atoms with van der Waals surface area (Å²) >= 11 is 1.49. The number of hydrogen-bond acceptors (Lipinski definition) is 5. The normalized spacial score (nSPS) is 15.5. The molecule has 0 bridgehead atoms. The number of carbonyl (C=O) groups is 2. The van der Waals surface area contributed by atoms with E-state index in [2.05, 4.69) is 18.3 Å². The van der Waals surface area contributed by atoms with Crippen LogP contribution in [0.1, 0.15) is 58.6 Å². The molecule has 1 atom stereocenters. The Morgan fingerprint density at radius 3 is 2.62 bits per heavy atom. The number of nitrogens with one attached hydrogen (secondary N) is 1. The maximum atomic E-state index is 12.7. The first-order valence-corrected chi connectivity index (χ1v) is 11.0. The zero-order valence-electron chi connectivity index (χ0n) is 17.6. The lowest BCUT2D eigenvalue weighted by atomic mass is 9.88. The van der Waals surface area contributed by atoms with Crippen LogP contribution in [0.25, 0.3) is 0 Å². The number of anilines is 1. The first-order chi connectivity index (χ1) is 13.9. The van der Waals surface area contributed by atoms with Gasteiger partial charge in [0.25, 0.3) is 5.91 Å². The average Bonchev–Trinajstić information content (AvgIpc) is 3.00. The molecule has 1 aliphatic rings. The number of benzene rings is 1. The van der Waals surface area contributed by atoms with Crippen molar-refractivity contribution in [3.8, 4) is 5.75 Å². The zero-order valence-corrected chi connectivity index (χ0v) is 18.4. The van der Waals surface area contributed by atoms with Crippen molar-refractivity contribution in [2.24, 2.45) is 5.92 Å². The number of rotatable bonds is 7. The van der Waals surface area contributed by atoms with Gasteiger partial charge in [0.2, 0.25) is 0 Å². The molecule has 0 saturated carbocycles. The lowest BCUT2D eigenvalue weighted by Crippen LogP contribution is -2.21. The van der Waals surface area contributed by atoms with Crippen molar-refractivity contribution >= 4 is 28.2 Å². The molecule has 5 nitrogen and oxygen atoms in total. The third-order valence-corrected chi connectivity index (χ3v) is 6.14. The van der Waals surface area contributed by atoms with Crippen LogP contribution in [0.5, 0.6) is 5.75 Å². The van der Waals surface area contributed by atoms with Gasteiger partial charge in [-0.25, -0.2) is 4.79 Å². The minimum absolute atomic E-state index is 0.106. The van der Waals surface area contributed by atoms with Gasteiger partial charge in [-0.3, -0.25) is 4.79 Å². The fraction of sp³-hybridized carbons (Fsp3) is 0.478. The van der Waals surface area contributed by atoms with Gasteiger partial charge in [-0.2, -0.15) is 0 Å². The quantitative estimate of drug-likeness (QED) is 0.641. The summed E-state index contributed by atoms with van der Waals surface area (Å²) in [4.78, 5) is 26.4. The van der Waals surface area contributed by atoms with Crippen LogP contribution in [0.4, 0.5) is 5.00 Å². The number of esters is 1. The summed E-state index contributed by atoms with van der Waals surface area (Å²) in [6, 6.07) is 5.86. The first-order valence-electron chi connectivity index (χ1n) is 10.2. The van der Waals surface area contributed by atoms with Gasteiger partial charge in [-0.05, 0) is 74.3 Å². The lowest BCUT2D eigenvalue weighted by Gasteiger charge is -2.18. The Bertz CT molecular complexity index is 882. The second-order valence-corrected chi connectivity index (χ2v) is 8.96. The van der Waals surface area contributed by atoms with Crippen molar-refractivity contribution in [3.63, 3.8) is 0 Å². The van der Waals surface area contributed by atoms with Crippen LogP contribution in [0.2, 0.25) is 0 Å². The number of fused-ring (bicyclic) bond motifs is 1. The minimum atomic E-state index is -0.343. The van der Waals surface area contributed by atoms with Gasteiger partial charge in [0.15, 0.2) is 6.61 Å². The van der Waals surface area contributed by atoms with Crippen LogP contribution in [-0.2, 0) is 22.4 Å². The van der Waals surface area contributed by atoms with Crippen molar-refractivity contribution in [1.82, 2.24) is 0 Å². The van der Waals surface area contributed by atoms with Crippen molar-refractivity contribution in [2.75, 3.05) is 18.5 Å². The maximum Gasteiger partial charge on any atom is 0.341 e. The number of ether oxygens (including phenoxy) is 2. The molecule has 0 saturated heterocycles. The molecule has 1 unspecified atom stereocenters. The van der Waals surface area contributed by atoms with E-state index >= 15 is 0 Å². The molecule has 29 heavy (non-hydrogen) atoms. The highest BCUT2D eigenvalue weighted by atomic mass is 32.1. The van der Waals surface area contributed by atoms with Crippen LogP contribution in [0.3, 0.4) is 0 Å². The molecule has 0 spiro atoms. The van der Waals surface area contributed by atoms with E-state index in [0.29, 0.717) is 28.8 Å². The monoisotopic (exact) mass is 415 g/mol. The molecule has 0 fully saturated rings. The van der Waals surface area contributed by atoms with Crippen LogP contribution >= 0.6 is 11.3 Å². The summed E-state index contributed by atoms with van der Waals surface area (Å²) in [5.74, 6) is 0.626. The first kappa shape index (κ1) is 21.4. The molecular weight excluding hydrogens is 386 g/mol. The molecule has 3 rings (SSSR count). The van der Waals surface area contributed by atoms with E-state index in [1.807, 2.05) is 32.9 Å². The predicted octanol–water partition coefficient (Wildman–Crippen LogP) is 5.07. The number of thiophene rings is 1. The Labute approximate surface area is 176 Å². The molecule has 1 amide bonds. The Balaban J connectivity index is 1.74. The van der Waals surface area contributed by atoms with Crippen LogP contribution < -0.4 is 10.1 Å². The summed E-state index contributed by atoms with van der Waals surface area (Å²) < 4.78 is 11.1. The summed E-state index contributed by atoms with van der Waals surface area (Å²) in [6.45, 7) is 8.43. The predicted molar refractivity (Wildman–Crippen MR) is 116 cm³/mol. The number of aryl methyl sites for hydroxylation is 2. The molecule has 0 aliphatic heterocycles. The molecule has 1 aliphatic carbocycles. The fourth-order valence-corrected chi connectivity index (χ4v) is 5.06. The third-order valence-electron chi connectivity index (χ3n) is 4.97. The van der Waals surface area contributed by atoms with Crippen molar-refractivity contribution in [2.45, 2.75) is 53.4 Å². The maximum absolute atomic E-state index is 12.7. The van der Waals surface area contributed by atoms with Crippen LogP contribution in [0.15, 0.2) is 18.2 Å². The third kappa shape index (κ3) is 5.38.